The molecule has 0 aliphatic carbocycles. The molecule has 142 valence electrons. The molecule has 7 rings (SSSR count). The van der Waals surface area contributed by atoms with Crippen LogP contribution in [0.25, 0.3) is 10.9 Å². The Balaban J connectivity index is 1.34. The highest BCUT2D eigenvalue weighted by molar-refractivity contribution is 5.78. The van der Waals surface area contributed by atoms with Crippen LogP contribution in [0.4, 0.5) is 0 Å². The van der Waals surface area contributed by atoms with Crippen LogP contribution >= 0.6 is 0 Å². The van der Waals surface area contributed by atoms with Crippen molar-refractivity contribution in [1.82, 2.24) is 14.8 Å². The number of hydrogen-bond acceptors (Lipinski definition) is 3. The van der Waals surface area contributed by atoms with Crippen LogP contribution in [-0.2, 0) is 6.54 Å². The smallest absolute Gasteiger partial charge is 0.0705 e. The van der Waals surface area contributed by atoms with E-state index in [1.807, 2.05) is 0 Å². The van der Waals surface area contributed by atoms with Crippen molar-refractivity contribution in [2.75, 3.05) is 19.6 Å². The highest BCUT2D eigenvalue weighted by atomic mass is 15.3. The van der Waals surface area contributed by atoms with Gasteiger partial charge >= 0.3 is 0 Å². The fraction of sp³-hybridized carbons (Fsp3) is 0.400. The number of piperidine rings is 3. The normalized spacial score (nSPS) is 31.9. The monoisotopic (exact) mass is 369 g/mol. The molecular weight excluding hydrogens is 342 g/mol. The van der Waals surface area contributed by atoms with Gasteiger partial charge in [0.05, 0.1) is 11.2 Å². The van der Waals surface area contributed by atoms with Gasteiger partial charge in [0.1, 0.15) is 0 Å². The van der Waals surface area contributed by atoms with Gasteiger partial charge in [0.25, 0.3) is 0 Å². The van der Waals surface area contributed by atoms with Crippen molar-refractivity contribution in [3.8, 4) is 0 Å². The predicted octanol–water partition coefficient (Wildman–Crippen LogP) is 4.30. The lowest BCUT2D eigenvalue weighted by Crippen LogP contribution is -2.60. The summed E-state index contributed by atoms with van der Waals surface area (Å²) >= 11 is 0. The SMILES string of the molecule is c1ccc([C@@H]2CN(Cc3ccc4ccccc4n3)[C@@H]3C4CCN(CC4)[C@@H]32)cc1. The number of rotatable bonds is 3. The Labute approximate surface area is 167 Å². The van der Waals surface area contributed by atoms with E-state index < -0.39 is 0 Å². The molecule has 0 radical (unpaired) electrons. The zero-order valence-electron chi connectivity index (χ0n) is 16.2. The van der Waals surface area contributed by atoms with Crippen molar-refractivity contribution in [3.05, 3.63) is 78.0 Å². The van der Waals surface area contributed by atoms with Crippen molar-refractivity contribution in [3.63, 3.8) is 0 Å². The van der Waals surface area contributed by atoms with Gasteiger partial charge in [-0.05, 0) is 49.5 Å². The van der Waals surface area contributed by atoms with E-state index in [2.05, 4.69) is 76.5 Å². The van der Waals surface area contributed by atoms with E-state index in [0.29, 0.717) is 18.0 Å². The first-order chi connectivity index (χ1) is 13.9. The Morgan fingerprint density at radius 3 is 2.46 bits per heavy atom. The highest BCUT2D eigenvalue weighted by Crippen LogP contribution is 2.46. The molecule has 4 aliphatic heterocycles. The number of nitrogens with zero attached hydrogens (tertiary/aromatic N) is 3. The first-order valence-corrected chi connectivity index (χ1v) is 10.7. The third kappa shape index (κ3) is 2.68. The minimum absolute atomic E-state index is 0.620. The Morgan fingerprint density at radius 2 is 1.61 bits per heavy atom. The van der Waals surface area contributed by atoms with Crippen LogP contribution in [-0.4, -0.2) is 46.5 Å². The van der Waals surface area contributed by atoms with Crippen LogP contribution in [0.2, 0.25) is 0 Å². The lowest BCUT2D eigenvalue weighted by atomic mass is 9.75. The number of likely N-dealkylation sites (tertiary alicyclic amines) is 1. The van der Waals surface area contributed by atoms with Gasteiger partial charge in [-0.25, -0.2) is 0 Å². The van der Waals surface area contributed by atoms with E-state index in [1.54, 1.807) is 0 Å². The zero-order valence-corrected chi connectivity index (χ0v) is 16.2. The molecule has 1 aromatic heterocycles. The van der Waals surface area contributed by atoms with Gasteiger partial charge in [-0.1, -0.05) is 54.6 Å². The molecule has 0 saturated carbocycles. The summed E-state index contributed by atoms with van der Waals surface area (Å²) in [7, 11) is 0. The number of hydrogen-bond donors (Lipinski definition) is 0. The molecule has 4 aliphatic rings. The zero-order chi connectivity index (χ0) is 18.5. The minimum atomic E-state index is 0.620. The van der Waals surface area contributed by atoms with E-state index in [4.69, 9.17) is 4.98 Å². The van der Waals surface area contributed by atoms with Gasteiger partial charge in [-0.3, -0.25) is 14.8 Å². The van der Waals surface area contributed by atoms with Gasteiger partial charge < -0.3 is 0 Å². The lowest BCUT2D eigenvalue weighted by Gasteiger charge is -2.51. The minimum Gasteiger partial charge on any atom is -0.298 e. The molecule has 2 aromatic carbocycles. The fourth-order valence-corrected chi connectivity index (χ4v) is 6.12. The van der Waals surface area contributed by atoms with Crippen LogP contribution in [0, 0.1) is 5.92 Å². The van der Waals surface area contributed by atoms with Gasteiger partial charge in [-0.15, -0.1) is 0 Å². The Hall–Kier alpha value is -2.23. The molecule has 0 spiro atoms. The van der Waals surface area contributed by atoms with E-state index in [0.717, 1.165) is 24.5 Å². The molecule has 3 heteroatoms. The first kappa shape index (κ1) is 16.7. The molecule has 28 heavy (non-hydrogen) atoms. The molecule has 2 bridgehead atoms. The molecule has 4 saturated heterocycles. The standard InChI is InChI=1S/C25H27N3/c1-2-6-18(7-3-1)22-17-28(24-20-12-14-27(15-13-20)25(22)24)16-21-11-10-19-8-4-5-9-23(19)26-21/h1-11,20,22,24-25H,12-17H2/t22-,24+,25+/m0/s1. The van der Waals surface area contributed by atoms with Gasteiger partial charge in [-0.2, -0.15) is 0 Å². The largest absolute Gasteiger partial charge is 0.298 e. The summed E-state index contributed by atoms with van der Waals surface area (Å²) in [5.41, 5.74) is 3.84. The molecule has 3 nitrogen and oxygen atoms in total. The fourth-order valence-electron chi connectivity index (χ4n) is 6.12. The van der Waals surface area contributed by atoms with E-state index in [-0.39, 0.29) is 0 Å². The second-order valence-corrected chi connectivity index (χ2v) is 8.80. The molecule has 3 aromatic rings. The molecule has 0 unspecified atom stereocenters. The quantitative estimate of drug-likeness (QED) is 0.686. The van der Waals surface area contributed by atoms with Gasteiger partial charge in [0, 0.05) is 36.5 Å². The Morgan fingerprint density at radius 1 is 0.821 bits per heavy atom. The van der Waals surface area contributed by atoms with Crippen LogP contribution in [0.3, 0.4) is 0 Å². The second kappa shape index (κ2) is 6.68. The Bertz CT molecular complexity index is 977. The van der Waals surface area contributed by atoms with E-state index >= 15 is 0 Å². The van der Waals surface area contributed by atoms with Crippen LogP contribution < -0.4 is 0 Å². The van der Waals surface area contributed by atoms with Crippen molar-refractivity contribution < 1.29 is 0 Å². The summed E-state index contributed by atoms with van der Waals surface area (Å²) in [6.45, 7) is 4.70. The third-order valence-electron chi connectivity index (χ3n) is 7.34. The molecule has 0 N–H and O–H groups in total. The summed E-state index contributed by atoms with van der Waals surface area (Å²) < 4.78 is 0. The van der Waals surface area contributed by atoms with Crippen molar-refractivity contribution in [1.29, 1.82) is 0 Å². The molecule has 5 heterocycles. The number of fused-ring (bicyclic) bond motifs is 3. The molecule has 4 fully saturated rings. The van der Waals surface area contributed by atoms with Crippen molar-refractivity contribution in [2.45, 2.75) is 37.4 Å². The number of benzene rings is 2. The summed E-state index contributed by atoms with van der Waals surface area (Å²) in [6.07, 6.45) is 2.73. The van der Waals surface area contributed by atoms with Gasteiger partial charge in [0.2, 0.25) is 0 Å². The Kier molecular flexibility index (Phi) is 3.98. The maximum atomic E-state index is 4.98. The molecular formula is C25H27N3. The highest BCUT2D eigenvalue weighted by Gasteiger charge is 2.53. The maximum absolute atomic E-state index is 4.98. The lowest BCUT2D eigenvalue weighted by molar-refractivity contribution is -0.00895. The summed E-state index contributed by atoms with van der Waals surface area (Å²) in [4.78, 5) is 10.5. The third-order valence-corrected chi connectivity index (χ3v) is 7.34. The molecule has 3 atom stereocenters. The maximum Gasteiger partial charge on any atom is 0.0705 e. The van der Waals surface area contributed by atoms with E-state index in [1.165, 1.54) is 42.6 Å². The number of pyridine rings is 1. The second-order valence-electron chi connectivity index (χ2n) is 8.80. The summed E-state index contributed by atoms with van der Waals surface area (Å²) in [6, 6.07) is 25.5. The summed E-state index contributed by atoms with van der Waals surface area (Å²) in [5, 5.41) is 1.23. The first-order valence-electron chi connectivity index (χ1n) is 10.7. The average Bonchev–Trinajstić information content (AvgIpc) is 3.17. The van der Waals surface area contributed by atoms with Crippen LogP contribution in [0.1, 0.15) is 30.0 Å². The summed E-state index contributed by atoms with van der Waals surface area (Å²) in [5.74, 6) is 1.47. The topological polar surface area (TPSA) is 19.4 Å². The number of para-hydroxylation sites is 1. The average molecular weight is 370 g/mol. The van der Waals surface area contributed by atoms with Crippen LogP contribution in [0.15, 0.2) is 66.7 Å². The molecule has 0 amide bonds. The van der Waals surface area contributed by atoms with Gasteiger partial charge in [0.15, 0.2) is 0 Å². The number of aromatic nitrogens is 1. The predicted molar refractivity (Wildman–Crippen MR) is 113 cm³/mol. The van der Waals surface area contributed by atoms with Crippen LogP contribution in [0.5, 0.6) is 0 Å². The van der Waals surface area contributed by atoms with Crippen molar-refractivity contribution in [2.24, 2.45) is 5.92 Å². The van der Waals surface area contributed by atoms with Crippen molar-refractivity contribution >= 4 is 10.9 Å². The van der Waals surface area contributed by atoms with E-state index in [9.17, 15) is 0 Å².